The van der Waals surface area contributed by atoms with Gasteiger partial charge in [-0.2, -0.15) is 5.26 Å². The van der Waals surface area contributed by atoms with E-state index in [0.717, 1.165) is 23.8 Å². The summed E-state index contributed by atoms with van der Waals surface area (Å²) in [7, 11) is 0. The third kappa shape index (κ3) is 3.79. The lowest BCUT2D eigenvalue weighted by molar-refractivity contribution is 0.194. The van der Waals surface area contributed by atoms with E-state index >= 15 is 0 Å². The first-order valence-corrected chi connectivity index (χ1v) is 8.30. The maximum atomic E-state index is 12.2. The third-order valence-electron chi connectivity index (χ3n) is 3.76. The highest BCUT2D eigenvalue weighted by Crippen LogP contribution is 2.18. The standard InChI is InChI=1S/C16H17N5OS/c17-11-13-2-1-3-14(10-13)12-19-15(22)20-5-7-21(8-6-20)16-18-4-9-23-16/h1-4,9-10H,5-8,12H2,(H,19,22). The maximum Gasteiger partial charge on any atom is 0.317 e. The summed E-state index contributed by atoms with van der Waals surface area (Å²) in [6, 6.07) is 9.32. The number of rotatable bonds is 3. The van der Waals surface area contributed by atoms with Crippen LogP contribution in [0.5, 0.6) is 0 Å². The summed E-state index contributed by atoms with van der Waals surface area (Å²) in [5, 5.41) is 14.8. The molecule has 6 nitrogen and oxygen atoms in total. The largest absolute Gasteiger partial charge is 0.345 e. The van der Waals surface area contributed by atoms with Crippen LogP contribution in [0.2, 0.25) is 0 Å². The molecule has 2 aromatic rings. The molecule has 7 heteroatoms. The molecular weight excluding hydrogens is 310 g/mol. The number of carbonyl (C=O) groups is 1. The molecule has 23 heavy (non-hydrogen) atoms. The Morgan fingerprint density at radius 2 is 2.17 bits per heavy atom. The maximum absolute atomic E-state index is 12.2. The molecule has 1 saturated heterocycles. The van der Waals surface area contributed by atoms with E-state index in [9.17, 15) is 4.79 Å². The second-order valence-electron chi connectivity index (χ2n) is 5.26. The summed E-state index contributed by atoms with van der Waals surface area (Å²) in [4.78, 5) is 20.6. The number of urea groups is 1. The van der Waals surface area contributed by atoms with Gasteiger partial charge in [0.05, 0.1) is 11.6 Å². The molecule has 2 amide bonds. The van der Waals surface area contributed by atoms with Crippen LogP contribution in [0, 0.1) is 11.3 Å². The minimum atomic E-state index is -0.0638. The van der Waals surface area contributed by atoms with Gasteiger partial charge in [-0.05, 0) is 17.7 Å². The zero-order chi connectivity index (χ0) is 16.1. The molecule has 0 bridgehead atoms. The highest BCUT2D eigenvalue weighted by Gasteiger charge is 2.22. The van der Waals surface area contributed by atoms with E-state index in [1.807, 2.05) is 22.4 Å². The third-order valence-corrected chi connectivity index (χ3v) is 4.59. The fourth-order valence-electron chi connectivity index (χ4n) is 2.51. The Kier molecular flexibility index (Phi) is 4.74. The van der Waals surface area contributed by atoms with E-state index in [1.165, 1.54) is 0 Å². The van der Waals surface area contributed by atoms with E-state index in [1.54, 1.807) is 29.7 Å². The highest BCUT2D eigenvalue weighted by molar-refractivity contribution is 7.13. The van der Waals surface area contributed by atoms with Crippen molar-refractivity contribution in [2.24, 2.45) is 0 Å². The molecule has 1 aliphatic heterocycles. The normalized spacial score (nSPS) is 14.4. The molecule has 0 atom stereocenters. The van der Waals surface area contributed by atoms with Crippen LogP contribution in [0.4, 0.5) is 9.93 Å². The predicted molar refractivity (Wildman–Crippen MR) is 89.3 cm³/mol. The number of hydrogen-bond acceptors (Lipinski definition) is 5. The molecule has 1 fully saturated rings. The van der Waals surface area contributed by atoms with Gasteiger partial charge >= 0.3 is 6.03 Å². The first kappa shape index (κ1) is 15.3. The number of aromatic nitrogens is 1. The van der Waals surface area contributed by atoms with Crippen molar-refractivity contribution in [2.75, 3.05) is 31.1 Å². The summed E-state index contributed by atoms with van der Waals surface area (Å²) >= 11 is 1.62. The fraction of sp³-hybridized carbons (Fsp3) is 0.312. The molecule has 0 saturated carbocycles. The summed E-state index contributed by atoms with van der Waals surface area (Å²) in [5.41, 5.74) is 1.53. The van der Waals surface area contributed by atoms with Crippen LogP contribution in [0.3, 0.4) is 0 Å². The number of carbonyl (C=O) groups excluding carboxylic acids is 1. The zero-order valence-corrected chi connectivity index (χ0v) is 13.4. The lowest BCUT2D eigenvalue weighted by Gasteiger charge is -2.34. The summed E-state index contributed by atoms with van der Waals surface area (Å²) in [5.74, 6) is 0. The van der Waals surface area contributed by atoms with E-state index in [4.69, 9.17) is 5.26 Å². The van der Waals surface area contributed by atoms with E-state index in [-0.39, 0.29) is 6.03 Å². The minimum Gasteiger partial charge on any atom is -0.345 e. The number of hydrogen-bond donors (Lipinski definition) is 1. The Hall–Kier alpha value is -2.59. The monoisotopic (exact) mass is 327 g/mol. The average molecular weight is 327 g/mol. The van der Waals surface area contributed by atoms with Gasteiger partial charge in [0.2, 0.25) is 0 Å². The van der Waals surface area contributed by atoms with Gasteiger partial charge in [0.1, 0.15) is 0 Å². The predicted octanol–water partition coefficient (Wildman–Crippen LogP) is 2.05. The lowest BCUT2D eigenvalue weighted by atomic mass is 10.1. The van der Waals surface area contributed by atoms with Crippen LogP contribution in [0.25, 0.3) is 0 Å². The van der Waals surface area contributed by atoms with Crippen molar-refractivity contribution in [1.29, 1.82) is 5.26 Å². The van der Waals surface area contributed by atoms with Crippen molar-refractivity contribution in [2.45, 2.75) is 6.54 Å². The summed E-state index contributed by atoms with van der Waals surface area (Å²) < 4.78 is 0. The summed E-state index contributed by atoms with van der Waals surface area (Å²) in [6.45, 7) is 3.39. The molecule has 1 aliphatic rings. The number of piperazine rings is 1. The number of thiazole rings is 1. The molecule has 0 radical (unpaired) electrons. The lowest BCUT2D eigenvalue weighted by Crippen LogP contribution is -2.51. The van der Waals surface area contributed by atoms with Crippen LogP contribution in [0.1, 0.15) is 11.1 Å². The van der Waals surface area contributed by atoms with Gasteiger partial charge < -0.3 is 15.1 Å². The molecule has 0 unspecified atom stereocenters. The summed E-state index contributed by atoms with van der Waals surface area (Å²) in [6.07, 6.45) is 1.80. The fourth-order valence-corrected chi connectivity index (χ4v) is 3.21. The van der Waals surface area contributed by atoms with E-state index < -0.39 is 0 Å². The average Bonchev–Trinajstić information content (AvgIpc) is 3.14. The number of nitrogens with zero attached hydrogens (tertiary/aromatic N) is 4. The number of anilines is 1. The van der Waals surface area contributed by atoms with Gasteiger partial charge in [0, 0.05) is 44.3 Å². The molecule has 0 aliphatic carbocycles. The Morgan fingerprint density at radius 1 is 1.35 bits per heavy atom. The number of benzene rings is 1. The van der Waals surface area contributed by atoms with Gasteiger partial charge in [0.15, 0.2) is 5.13 Å². The van der Waals surface area contributed by atoms with Crippen molar-refractivity contribution >= 4 is 22.5 Å². The first-order chi connectivity index (χ1) is 11.3. The quantitative estimate of drug-likeness (QED) is 0.936. The van der Waals surface area contributed by atoms with Crippen LogP contribution >= 0.6 is 11.3 Å². The Bertz CT molecular complexity index is 702. The van der Waals surface area contributed by atoms with E-state index in [2.05, 4.69) is 21.3 Å². The van der Waals surface area contributed by atoms with Gasteiger partial charge in [0.25, 0.3) is 0 Å². The molecule has 3 rings (SSSR count). The molecule has 2 heterocycles. The van der Waals surface area contributed by atoms with E-state index in [0.29, 0.717) is 25.2 Å². The van der Waals surface area contributed by atoms with Crippen LogP contribution in [-0.2, 0) is 6.54 Å². The second-order valence-corrected chi connectivity index (χ2v) is 6.13. The molecule has 1 aromatic heterocycles. The SMILES string of the molecule is N#Cc1cccc(CNC(=O)N2CCN(c3nccs3)CC2)c1. The number of amides is 2. The number of nitrogens with one attached hydrogen (secondary N) is 1. The van der Waals surface area contributed by atoms with Gasteiger partial charge in [-0.3, -0.25) is 0 Å². The topological polar surface area (TPSA) is 72.3 Å². The second kappa shape index (κ2) is 7.11. The number of nitriles is 1. The van der Waals surface area contributed by atoms with Crippen LogP contribution in [-0.4, -0.2) is 42.1 Å². The minimum absolute atomic E-state index is 0.0638. The molecule has 0 spiro atoms. The van der Waals surface area contributed by atoms with Crippen molar-refractivity contribution in [3.8, 4) is 6.07 Å². The van der Waals surface area contributed by atoms with Crippen molar-refractivity contribution in [1.82, 2.24) is 15.2 Å². The Labute approximate surface area is 139 Å². The Balaban J connectivity index is 1.49. The Morgan fingerprint density at radius 3 is 2.87 bits per heavy atom. The van der Waals surface area contributed by atoms with Gasteiger partial charge in [-0.1, -0.05) is 12.1 Å². The van der Waals surface area contributed by atoms with Gasteiger partial charge in [-0.15, -0.1) is 11.3 Å². The van der Waals surface area contributed by atoms with Crippen LogP contribution < -0.4 is 10.2 Å². The molecule has 1 aromatic carbocycles. The van der Waals surface area contributed by atoms with Crippen molar-refractivity contribution in [3.05, 3.63) is 47.0 Å². The molecule has 1 N–H and O–H groups in total. The van der Waals surface area contributed by atoms with Crippen LogP contribution in [0.15, 0.2) is 35.8 Å². The smallest absolute Gasteiger partial charge is 0.317 e. The van der Waals surface area contributed by atoms with Crippen molar-refractivity contribution in [3.63, 3.8) is 0 Å². The first-order valence-electron chi connectivity index (χ1n) is 7.42. The molecule has 118 valence electrons. The van der Waals surface area contributed by atoms with Gasteiger partial charge in [-0.25, -0.2) is 9.78 Å². The molecular formula is C16H17N5OS. The highest BCUT2D eigenvalue weighted by atomic mass is 32.1. The van der Waals surface area contributed by atoms with Crippen molar-refractivity contribution < 1.29 is 4.79 Å². The zero-order valence-electron chi connectivity index (χ0n) is 12.6.